The lowest BCUT2D eigenvalue weighted by Crippen LogP contribution is -2.35. The Morgan fingerprint density at radius 3 is 2.73 bits per heavy atom. The smallest absolute Gasteiger partial charge is 0.407 e. The van der Waals surface area contributed by atoms with Gasteiger partial charge < -0.3 is 15.8 Å². The van der Waals surface area contributed by atoms with Crippen LogP contribution in [0.4, 0.5) is 4.79 Å². The molecule has 1 aliphatic heterocycles. The van der Waals surface area contributed by atoms with E-state index < -0.39 is 0 Å². The summed E-state index contributed by atoms with van der Waals surface area (Å²) in [6.45, 7) is 1.02. The van der Waals surface area contributed by atoms with E-state index in [0.29, 0.717) is 13.2 Å². The van der Waals surface area contributed by atoms with Crippen molar-refractivity contribution in [1.29, 1.82) is 0 Å². The highest BCUT2D eigenvalue weighted by atomic mass is 16.5. The van der Waals surface area contributed by atoms with Crippen LogP contribution in [0, 0.1) is 0 Å². The largest absolute Gasteiger partial charge is 0.449 e. The van der Waals surface area contributed by atoms with E-state index in [9.17, 15) is 4.79 Å². The zero-order chi connectivity index (χ0) is 10.7. The predicted molar refractivity (Wildman–Crippen MR) is 56.2 cm³/mol. The number of cyclic esters (lactones) is 1. The van der Waals surface area contributed by atoms with Crippen molar-refractivity contribution in [2.75, 3.05) is 6.61 Å². The Labute approximate surface area is 88.4 Å². The Kier molecular flexibility index (Phi) is 2.87. The molecule has 0 spiro atoms. The molecule has 0 aromatic heterocycles. The molecule has 15 heavy (non-hydrogen) atoms. The fourth-order valence-electron chi connectivity index (χ4n) is 1.66. The first kappa shape index (κ1) is 9.98. The van der Waals surface area contributed by atoms with E-state index in [2.05, 4.69) is 5.32 Å². The molecule has 0 saturated carbocycles. The quantitative estimate of drug-likeness (QED) is 0.767. The molecule has 1 aliphatic rings. The maximum atomic E-state index is 11.0. The van der Waals surface area contributed by atoms with E-state index >= 15 is 0 Å². The molecular formula is C11H14N2O2. The molecule has 1 fully saturated rings. The van der Waals surface area contributed by atoms with Gasteiger partial charge in [-0.3, -0.25) is 0 Å². The number of rotatable bonds is 2. The SMILES string of the molecule is NCc1ccc(C2CCOC(=O)N2)cc1. The number of amides is 1. The average molecular weight is 206 g/mol. The van der Waals surface area contributed by atoms with E-state index in [1.54, 1.807) is 0 Å². The van der Waals surface area contributed by atoms with Gasteiger partial charge in [0.05, 0.1) is 12.6 Å². The second-order valence-electron chi connectivity index (χ2n) is 3.57. The van der Waals surface area contributed by atoms with Crippen LogP contribution < -0.4 is 11.1 Å². The molecule has 4 nitrogen and oxygen atoms in total. The minimum absolute atomic E-state index is 0.0677. The number of benzene rings is 1. The van der Waals surface area contributed by atoms with Gasteiger partial charge in [-0.1, -0.05) is 24.3 Å². The fourth-order valence-corrected chi connectivity index (χ4v) is 1.66. The Balaban J connectivity index is 2.11. The minimum atomic E-state index is -0.339. The van der Waals surface area contributed by atoms with Gasteiger partial charge in [0, 0.05) is 13.0 Å². The number of carbonyl (C=O) groups excluding carboxylic acids is 1. The van der Waals surface area contributed by atoms with Crippen molar-refractivity contribution in [2.24, 2.45) is 5.73 Å². The number of nitrogens with two attached hydrogens (primary N) is 1. The van der Waals surface area contributed by atoms with Gasteiger partial charge in [0.25, 0.3) is 0 Å². The molecule has 0 bridgehead atoms. The Bertz CT molecular complexity index is 348. The van der Waals surface area contributed by atoms with Crippen LogP contribution >= 0.6 is 0 Å². The van der Waals surface area contributed by atoms with E-state index in [1.165, 1.54) is 0 Å². The van der Waals surface area contributed by atoms with Gasteiger partial charge >= 0.3 is 6.09 Å². The molecule has 4 heteroatoms. The summed E-state index contributed by atoms with van der Waals surface area (Å²) in [5.41, 5.74) is 7.71. The summed E-state index contributed by atoms with van der Waals surface area (Å²) in [4.78, 5) is 11.0. The van der Waals surface area contributed by atoms with Crippen molar-refractivity contribution < 1.29 is 9.53 Å². The second-order valence-corrected chi connectivity index (χ2v) is 3.57. The lowest BCUT2D eigenvalue weighted by Gasteiger charge is -2.23. The standard InChI is InChI=1S/C11H14N2O2/c12-7-8-1-3-9(4-2-8)10-5-6-15-11(14)13-10/h1-4,10H,5-7,12H2,(H,13,14). The molecular weight excluding hydrogens is 192 g/mol. The monoisotopic (exact) mass is 206 g/mol. The summed E-state index contributed by atoms with van der Waals surface area (Å²) in [6, 6.07) is 8.03. The molecule has 1 atom stereocenters. The highest BCUT2D eigenvalue weighted by Crippen LogP contribution is 2.20. The van der Waals surface area contributed by atoms with Gasteiger partial charge in [-0.05, 0) is 11.1 Å². The van der Waals surface area contributed by atoms with E-state index in [1.807, 2.05) is 24.3 Å². The van der Waals surface area contributed by atoms with E-state index in [0.717, 1.165) is 17.5 Å². The molecule has 0 aliphatic carbocycles. The predicted octanol–water partition coefficient (Wildman–Crippen LogP) is 1.32. The zero-order valence-corrected chi connectivity index (χ0v) is 8.40. The molecule has 2 rings (SSSR count). The van der Waals surface area contributed by atoms with Crippen molar-refractivity contribution in [3.63, 3.8) is 0 Å². The van der Waals surface area contributed by atoms with Gasteiger partial charge in [-0.15, -0.1) is 0 Å². The van der Waals surface area contributed by atoms with E-state index in [4.69, 9.17) is 10.5 Å². The first-order valence-electron chi connectivity index (χ1n) is 5.02. The van der Waals surface area contributed by atoms with Crippen molar-refractivity contribution in [3.8, 4) is 0 Å². The van der Waals surface area contributed by atoms with E-state index in [-0.39, 0.29) is 12.1 Å². The average Bonchev–Trinajstić information content (AvgIpc) is 2.29. The van der Waals surface area contributed by atoms with Crippen LogP contribution in [0.3, 0.4) is 0 Å². The number of nitrogens with one attached hydrogen (secondary N) is 1. The topological polar surface area (TPSA) is 64.3 Å². The first-order chi connectivity index (χ1) is 7.29. The van der Waals surface area contributed by atoms with Crippen molar-refractivity contribution in [1.82, 2.24) is 5.32 Å². The van der Waals surface area contributed by atoms with Gasteiger partial charge in [-0.2, -0.15) is 0 Å². The summed E-state index contributed by atoms with van der Waals surface area (Å²) >= 11 is 0. The molecule has 1 saturated heterocycles. The highest BCUT2D eigenvalue weighted by Gasteiger charge is 2.20. The molecule has 0 radical (unpaired) electrons. The lowest BCUT2D eigenvalue weighted by atomic mass is 10.0. The number of ether oxygens (including phenoxy) is 1. The molecule has 1 unspecified atom stereocenters. The second kappa shape index (κ2) is 4.31. The normalized spacial score (nSPS) is 20.6. The third-order valence-corrected chi connectivity index (χ3v) is 2.55. The lowest BCUT2D eigenvalue weighted by molar-refractivity contribution is 0.115. The molecule has 1 aromatic carbocycles. The summed E-state index contributed by atoms with van der Waals surface area (Å²) < 4.78 is 4.80. The number of hydrogen-bond acceptors (Lipinski definition) is 3. The molecule has 80 valence electrons. The summed E-state index contributed by atoms with van der Waals surface area (Å²) in [5, 5.41) is 2.78. The summed E-state index contributed by atoms with van der Waals surface area (Å²) in [7, 11) is 0. The maximum absolute atomic E-state index is 11.0. The fraction of sp³-hybridized carbons (Fsp3) is 0.364. The molecule has 3 N–H and O–H groups in total. The van der Waals surface area contributed by atoms with Crippen LogP contribution in [0.5, 0.6) is 0 Å². The van der Waals surface area contributed by atoms with Crippen LogP contribution in [0.1, 0.15) is 23.6 Å². The third-order valence-electron chi connectivity index (χ3n) is 2.55. The van der Waals surface area contributed by atoms with Crippen LogP contribution in [0.2, 0.25) is 0 Å². The Hall–Kier alpha value is -1.55. The van der Waals surface area contributed by atoms with Crippen LogP contribution in [-0.4, -0.2) is 12.7 Å². The first-order valence-corrected chi connectivity index (χ1v) is 5.02. The Morgan fingerprint density at radius 2 is 2.13 bits per heavy atom. The van der Waals surface area contributed by atoms with Gasteiger partial charge in [0.2, 0.25) is 0 Å². The van der Waals surface area contributed by atoms with Crippen molar-refractivity contribution in [2.45, 2.75) is 19.0 Å². The molecule has 1 amide bonds. The third kappa shape index (κ3) is 2.27. The summed E-state index contributed by atoms with van der Waals surface area (Å²) in [6.07, 6.45) is 0.474. The van der Waals surface area contributed by atoms with Crippen LogP contribution in [0.15, 0.2) is 24.3 Å². The highest BCUT2D eigenvalue weighted by molar-refractivity contribution is 5.68. The van der Waals surface area contributed by atoms with Crippen LogP contribution in [-0.2, 0) is 11.3 Å². The Morgan fingerprint density at radius 1 is 1.40 bits per heavy atom. The van der Waals surface area contributed by atoms with Crippen molar-refractivity contribution >= 4 is 6.09 Å². The van der Waals surface area contributed by atoms with Crippen molar-refractivity contribution in [3.05, 3.63) is 35.4 Å². The van der Waals surface area contributed by atoms with Crippen LogP contribution in [0.25, 0.3) is 0 Å². The molecule has 1 aromatic rings. The zero-order valence-electron chi connectivity index (χ0n) is 8.40. The van der Waals surface area contributed by atoms with Gasteiger partial charge in [0.1, 0.15) is 0 Å². The number of alkyl carbamates (subject to hydrolysis) is 1. The number of hydrogen-bond donors (Lipinski definition) is 2. The minimum Gasteiger partial charge on any atom is -0.449 e. The summed E-state index contributed by atoms with van der Waals surface area (Å²) in [5.74, 6) is 0. The maximum Gasteiger partial charge on any atom is 0.407 e. The molecule has 1 heterocycles. The van der Waals surface area contributed by atoms with Gasteiger partial charge in [0.15, 0.2) is 0 Å². The van der Waals surface area contributed by atoms with Gasteiger partial charge in [-0.25, -0.2) is 4.79 Å². The number of carbonyl (C=O) groups is 1.